The molecular formula is C20H21BrN2O2. The summed E-state index contributed by atoms with van der Waals surface area (Å²) in [6, 6.07) is 11.6. The topological polar surface area (TPSA) is 42.4 Å². The van der Waals surface area contributed by atoms with E-state index >= 15 is 0 Å². The third-order valence-electron chi connectivity index (χ3n) is 5.29. The molecule has 2 fully saturated rings. The van der Waals surface area contributed by atoms with Crippen molar-refractivity contribution in [1.82, 2.24) is 9.88 Å². The molecular weight excluding hydrogens is 380 g/mol. The fourth-order valence-corrected chi connectivity index (χ4v) is 4.28. The molecule has 130 valence electrons. The number of pyridine rings is 1. The van der Waals surface area contributed by atoms with E-state index in [1.807, 2.05) is 30.3 Å². The predicted octanol–water partition coefficient (Wildman–Crippen LogP) is 5.04. The number of amides is 1. The Bertz CT molecular complexity index is 745. The van der Waals surface area contributed by atoms with E-state index in [-0.39, 0.29) is 5.91 Å². The van der Waals surface area contributed by atoms with Crippen LogP contribution < -0.4 is 4.74 Å². The second-order valence-corrected chi connectivity index (χ2v) is 7.76. The number of carbonyl (C=O) groups excluding carboxylic acids is 1. The molecule has 1 aliphatic heterocycles. The lowest BCUT2D eigenvalue weighted by molar-refractivity contribution is 0.0689. The van der Waals surface area contributed by atoms with Gasteiger partial charge in [-0.25, -0.2) is 4.98 Å². The van der Waals surface area contributed by atoms with Crippen LogP contribution in [0.4, 0.5) is 0 Å². The molecule has 25 heavy (non-hydrogen) atoms. The SMILES string of the molecule is O=C(c1ccc(Oc2ccc(Br)cc2)nc1)N1CCC2CCCCC21. The van der Waals surface area contributed by atoms with E-state index in [0.29, 0.717) is 23.4 Å². The van der Waals surface area contributed by atoms with Crippen molar-refractivity contribution < 1.29 is 9.53 Å². The molecule has 2 atom stereocenters. The van der Waals surface area contributed by atoms with Crippen molar-refractivity contribution in [3.05, 3.63) is 52.6 Å². The Morgan fingerprint density at radius 2 is 1.88 bits per heavy atom. The predicted molar refractivity (Wildman–Crippen MR) is 99.9 cm³/mol. The molecule has 1 aromatic heterocycles. The summed E-state index contributed by atoms with van der Waals surface area (Å²) in [4.78, 5) is 19.2. The highest BCUT2D eigenvalue weighted by molar-refractivity contribution is 9.10. The minimum absolute atomic E-state index is 0.108. The number of ether oxygens (including phenoxy) is 1. The number of carbonyl (C=O) groups is 1. The highest BCUT2D eigenvalue weighted by atomic mass is 79.9. The first kappa shape index (κ1) is 16.6. The van der Waals surface area contributed by atoms with Crippen molar-refractivity contribution >= 4 is 21.8 Å². The fourth-order valence-electron chi connectivity index (χ4n) is 4.01. The third kappa shape index (κ3) is 3.56. The van der Waals surface area contributed by atoms with Gasteiger partial charge < -0.3 is 9.64 Å². The summed E-state index contributed by atoms with van der Waals surface area (Å²) in [5.41, 5.74) is 0.648. The van der Waals surface area contributed by atoms with Crippen molar-refractivity contribution in [3.8, 4) is 11.6 Å². The second-order valence-electron chi connectivity index (χ2n) is 6.84. The molecule has 2 unspecified atom stereocenters. The van der Waals surface area contributed by atoms with Crippen LogP contribution in [0, 0.1) is 5.92 Å². The molecule has 0 N–H and O–H groups in total. The van der Waals surface area contributed by atoms with E-state index in [1.165, 1.54) is 19.3 Å². The minimum atomic E-state index is 0.108. The summed E-state index contributed by atoms with van der Waals surface area (Å²) in [5.74, 6) is 2.03. The van der Waals surface area contributed by atoms with Gasteiger partial charge in [0, 0.05) is 29.3 Å². The van der Waals surface area contributed by atoms with E-state index in [2.05, 4.69) is 25.8 Å². The average Bonchev–Trinajstić information content (AvgIpc) is 3.08. The first-order chi connectivity index (χ1) is 12.2. The first-order valence-electron chi connectivity index (χ1n) is 8.91. The lowest BCUT2D eigenvalue weighted by atomic mass is 9.85. The quantitative estimate of drug-likeness (QED) is 0.724. The molecule has 4 nitrogen and oxygen atoms in total. The number of likely N-dealkylation sites (tertiary alicyclic amines) is 1. The molecule has 1 aromatic carbocycles. The van der Waals surface area contributed by atoms with Gasteiger partial charge in [0.1, 0.15) is 5.75 Å². The molecule has 0 radical (unpaired) electrons. The van der Waals surface area contributed by atoms with Gasteiger partial charge in [0.2, 0.25) is 5.88 Å². The maximum absolute atomic E-state index is 12.8. The Kier molecular flexibility index (Phi) is 4.75. The van der Waals surface area contributed by atoms with Gasteiger partial charge in [-0.05, 0) is 55.5 Å². The molecule has 1 aliphatic carbocycles. The zero-order valence-corrected chi connectivity index (χ0v) is 15.6. The van der Waals surface area contributed by atoms with E-state index in [0.717, 1.165) is 29.6 Å². The number of fused-ring (bicyclic) bond motifs is 1. The summed E-state index contributed by atoms with van der Waals surface area (Å²) in [6.45, 7) is 0.880. The summed E-state index contributed by atoms with van der Waals surface area (Å²) in [7, 11) is 0. The maximum atomic E-state index is 12.8. The molecule has 1 saturated heterocycles. The fraction of sp³-hybridized carbons (Fsp3) is 0.400. The summed E-state index contributed by atoms with van der Waals surface area (Å²) < 4.78 is 6.72. The highest BCUT2D eigenvalue weighted by Gasteiger charge is 2.38. The number of aromatic nitrogens is 1. The lowest BCUT2D eigenvalue weighted by Crippen LogP contribution is -2.39. The summed E-state index contributed by atoms with van der Waals surface area (Å²) >= 11 is 3.40. The Morgan fingerprint density at radius 3 is 2.64 bits per heavy atom. The van der Waals surface area contributed by atoms with E-state index < -0.39 is 0 Å². The Labute approximate surface area is 156 Å². The normalized spacial score (nSPS) is 22.5. The van der Waals surface area contributed by atoms with Crippen LogP contribution in [0.1, 0.15) is 42.5 Å². The molecule has 4 rings (SSSR count). The number of rotatable bonds is 3. The van der Waals surface area contributed by atoms with Crippen LogP contribution in [-0.4, -0.2) is 28.4 Å². The molecule has 1 amide bonds. The van der Waals surface area contributed by atoms with Crippen molar-refractivity contribution in [2.45, 2.75) is 38.1 Å². The van der Waals surface area contributed by atoms with Crippen molar-refractivity contribution in [2.75, 3.05) is 6.54 Å². The van der Waals surface area contributed by atoms with Crippen LogP contribution in [0.25, 0.3) is 0 Å². The van der Waals surface area contributed by atoms with Crippen LogP contribution in [0.5, 0.6) is 11.6 Å². The van der Waals surface area contributed by atoms with Gasteiger partial charge in [0.25, 0.3) is 5.91 Å². The average molecular weight is 401 g/mol. The monoisotopic (exact) mass is 400 g/mol. The van der Waals surface area contributed by atoms with Crippen LogP contribution in [-0.2, 0) is 0 Å². The molecule has 0 bridgehead atoms. The molecule has 5 heteroatoms. The smallest absolute Gasteiger partial charge is 0.255 e. The van der Waals surface area contributed by atoms with Crippen LogP contribution in [0.15, 0.2) is 47.1 Å². The van der Waals surface area contributed by atoms with E-state index in [9.17, 15) is 4.79 Å². The van der Waals surface area contributed by atoms with Gasteiger partial charge in [0.05, 0.1) is 5.56 Å². The van der Waals surface area contributed by atoms with Gasteiger partial charge in [-0.1, -0.05) is 28.8 Å². The van der Waals surface area contributed by atoms with Crippen LogP contribution in [0.2, 0.25) is 0 Å². The van der Waals surface area contributed by atoms with Crippen molar-refractivity contribution in [3.63, 3.8) is 0 Å². The second kappa shape index (κ2) is 7.16. The minimum Gasteiger partial charge on any atom is -0.439 e. The molecule has 1 saturated carbocycles. The zero-order chi connectivity index (χ0) is 17.2. The Hall–Kier alpha value is -1.88. The molecule has 0 spiro atoms. The largest absolute Gasteiger partial charge is 0.439 e. The number of hydrogen-bond donors (Lipinski definition) is 0. The van der Waals surface area contributed by atoms with Gasteiger partial charge in [-0.2, -0.15) is 0 Å². The summed E-state index contributed by atoms with van der Waals surface area (Å²) in [5, 5.41) is 0. The van der Waals surface area contributed by atoms with Crippen molar-refractivity contribution in [2.24, 2.45) is 5.92 Å². The Morgan fingerprint density at radius 1 is 1.08 bits per heavy atom. The number of nitrogens with zero attached hydrogens (tertiary/aromatic N) is 2. The van der Waals surface area contributed by atoms with Gasteiger partial charge in [-0.15, -0.1) is 0 Å². The standard InChI is InChI=1S/C20H21BrN2O2/c21-16-6-8-17(9-7-16)25-19-10-5-15(13-22-19)20(24)23-12-11-14-3-1-2-4-18(14)23/h5-10,13-14,18H,1-4,11-12H2. The van der Waals surface area contributed by atoms with Crippen molar-refractivity contribution in [1.29, 1.82) is 0 Å². The zero-order valence-electron chi connectivity index (χ0n) is 14.0. The van der Waals surface area contributed by atoms with Gasteiger partial charge >= 0.3 is 0 Å². The highest BCUT2D eigenvalue weighted by Crippen LogP contribution is 2.36. The van der Waals surface area contributed by atoms with Gasteiger partial charge in [-0.3, -0.25) is 4.79 Å². The van der Waals surface area contributed by atoms with Crippen LogP contribution >= 0.6 is 15.9 Å². The van der Waals surface area contributed by atoms with Crippen LogP contribution in [0.3, 0.4) is 0 Å². The Balaban J connectivity index is 1.44. The van der Waals surface area contributed by atoms with E-state index in [1.54, 1.807) is 12.3 Å². The lowest BCUT2D eigenvalue weighted by Gasteiger charge is -2.31. The first-order valence-corrected chi connectivity index (χ1v) is 9.70. The maximum Gasteiger partial charge on any atom is 0.255 e. The number of hydrogen-bond acceptors (Lipinski definition) is 3. The molecule has 2 aliphatic rings. The number of benzene rings is 1. The summed E-state index contributed by atoms with van der Waals surface area (Å²) in [6.07, 6.45) is 7.75. The third-order valence-corrected chi connectivity index (χ3v) is 5.82. The van der Waals surface area contributed by atoms with Gasteiger partial charge in [0.15, 0.2) is 0 Å². The van der Waals surface area contributed by atoms with E-state index in [4.69, 9.17) is 4.74 Å². The molecule has 2 aromatic rings. The number of halogens is 1. The molecule has 2 heterocycles.